The van der Waals surface area contributed by atoms with Crippen LogP contribution in [-0.4, -0.2) is 12.5 Å². The molecule has 2 aromatic carbocycles. The van der Waals surface area contributed by atoms with Gasteiger partial charge in [-0.15, -0.1) is 0 Å². The maximum absolute atomic E-state index is 12.0. The van der Waals surface area contributed by atoms with Crippen molar-refractivity contribution in [3.05, 3.63) is 57.6 Å². The second-order valence-corrected chi connectivity index (χ2v) is 6.04. The largest absolute Gasteiger partial charge is 0.376 e. The van der Waals surface area contributed by atoms with Gasteiger partial charge in [-0.3, -0.25) is 4.79 Å². The zero-order chi connectivity index (χ0) is 15.4. The van der Waals surface area contributed by atoms with Crippen LogP contribution in [0, 0.1) is 20.8 Å². The predicted molar refractivity (Wildman–Crippen MR) is 91.9 cm³/mol. The van der Waals surface area contributed by atoms with Gasteiger partial charge in [0.15, 0.2) is 0 Å². The summed E-state index contributed by atoms with van der Waals surface area (Å²) in [6.07, 6.45) is 0. The van der Waals surface area contributed by atoms with E-state index in [0.717, 1.165) is 27.0 Å². The summed E-state index contributed by atoms with van der Waals surface area (Å²) in [6.45, 7) is 6.26. The first-order chi connectivity index (χ1) is 9.95. The van der Waals surface area contributed by atoms with Crippen LogP contribution in [0.1, 0.15) is 16.7 Å². The monoisotopic (exact) mass is 346 g/mol. The normalized spacial score (nSPS) is 10.3. The van der Waals surface area contributed by atoms with Gasteiger partial charge in [0, 0.05) is 15.8 Å². The van der Waals surface area contributed by atoms with Gasteiger partial charge in [-0.05, 0) is 55.7 Å². The first kappa shape index (κ1) is 15.6. The third-order valence-corrected chi connectivity index (χ3v) is 4.15. The predicted octanol–water partition coefficient (Wildman–Crippen LogP) is 4.42. The summed E-state index contributed by atoms with van der Waals surface area (Å²) in [4.78, 5) is 12.0. The van der Waals surface area contributed by atoms with Gasteiger partial charge in [0.1, 0.15) is 0 Å². The van der Waals surface area contributed by atoms with Gasteiger partial charge in [0.05, 0.1) is 6.54 Å². The third kappa shape index (κ3) is 4.33. The van der Waals surface area contributed by atoms with Crippen molar-refractivity contribution < 1.29 is 4.79 Å². The molecule has 0 bridgehead atoms. The second-order valence-electron chi connectivity index (χ2n) is 5.18. The van der Waals surface area contributed by atoms with E-state index in [4.69, 9.17) is 0 Å². The number of carbonyl (C=O) groups excluding carboxylic acids is 1. The van der Waals surface area contributed by atoms with Crippen LogP contribution in [0.2, 0.25) is 0 Å². The molecule has 3 nitrogen and oxygen atoms in total. The molecule has 0 aromatic heterocycles. The quantitative estimate of drug-likeness (QED) is 0.859. The molecular weight excluding hydrogens is 328 g/mol. The number of nitrogens with one attached hydrogen (secondary N) is 2. The lowest BCUT2D eigenvalue weighted by atomic mass is 10.1. The van der Waals surface area contributed by atoms with Gasteiger partial charge in [-0.2, -0.15) is 0 Å². The number of anilines is 2. The molecule has 0 heterocycles. The number of hydrogen-bond acceptors (Lipinski definition) is 2. The fourth-order valence-electron chi connectivity index (χ4n) is 1.95. The van der Waals surface area contributed by atoms with Gasteiger partial charge < -0.3 is 10.6 Å². The number of amides is 1. The van der Waals surface area contributed by atoms with Crippen LogP contribution in [0.4, 0.5) is 11.4 Å². The molecule has 1 amide bonds. The first-order valence-corrected chi connectivity index (χ1v) is 7.62. The summed E-state index contributed by atoms with van der Waals surface area (Å²) in [5.74, 6) is -0.0552. The molecule has 0 spiro atoms. The highest BCUT2D eigenvalue weighted by Crippen LogP contribution is 2.20. The maximum atomic E-state index is 12.0. The van der Waals surface area contributed by atoms with Crippen molar-refractivity contribution >= 4 is 33.2 Å². The molecule has 21 heavy (non-hydrogen) atoms. The minimum absolute atomic E-state index is 0.0552. The van der Waals surface area contributed by atoms with Gasteiger partial charge in [-0.1, -0.05) is 34.1 Å². The maximum Gasteiger partial charge on any atom is 0.243 e. The van der Waals surface area contributed by atoms with Gasteiger partial charge >= 0.3 is 0 Å². The van der Waals surface area contributed by atoms with E-state index >= 15 is 0 Å². The standard InChI is InChI=1S/C17H19BrN2O/c1-11-4-5-13(3)16(8-11)20-17(21)10-19-14-7-6-12(2)15(18)9-14/h4-9,19H,10H2,1-3H3,(H,20,21). The molecule has 0 aliphatic rings. The Morgan fingerprint density at radius 1 is 1.05 bits per heavy atom. The summed E-state index contributed by atoms with van der Waals surface area (Å²) in [6, 6.07) is 12.0. The van der Waals surface area contributed by atoms with Crippen molar-refractivity contribution in [3.8, 4) is 0 Å². The summed E-state index contributed by atoms with van der Waals surface area (Å²) in [5, 5.41) is 6.06. The highest BCUT2D eigenvalue weighted by atomic mass is 79.9. The number of benzene rings is 2. The Morgan fingerprint density at radius 3 is 2.48 bits per heavy atom. The van der Waals surface area contributed by atoms with E-state index in [1.165, 1.54) is 5.56 Å². The number of halogens is 1. The summed E-state index contributed by atoms with van der Waals surface area (Å²) < 4.78 is 1.03. The molecular formula is C17H19BrN2O. The molecule has 2 aromatic rings. The first-order valence-electron chi connectivity index (χ1n) is 6.83. The van der Waals surface area contributed by atoms with Crippen LogP contribution in [0.3, 0.4) is 0 Å². The zero-order valence-corrected chi connectivity index (χ0v) is 14.0. The minimum Gasteiger partial charge on any atom is -0.376 e. The summed E-state index contributed by atoms with van der Waals surface area (Å²) >= 11 is 3.48. The highest BCUT2D eigenvalue weighted by Gasteiger charge is 2.05. The molecule has 2 rings (SSSR count). The fourth-order valence-corrected chi connectivity index (χ4v) is 2.33. The smallest absolute Gasteiger partial charge is 0.243 e. The number of carbonyl (C=O) groups is 1. The third-order valence-electron chi connectivity index (χ3n) is 3.29. The van der Waals surface area contributed by atoms with Crippen molar-refractivity contribution in [2.45, 2.75) is 20.8 Å². The van der Waals surface area contributed by atoms with E-state index in [2.05, 4.69) is 26.6 Å². The van der Waals surface area contributed by atoms with E-state index in [9.17, 15) is 4.79 Å². The SMILES string of the molecule is Cc1ccc(C)c(NC(=O)CNc2ccc(C)c(Br)c2)c1. The van der Waals surface area contributed by atoms with Crippen LogP contribution in [0.5, 0.6) is 0 Å². The Bertz CT molecular complexity index is 668. The van der Waals surface area contributed by atoms with Crippen LogP contribution in [-0.2, 0) is 4.79 Å². The van der Waals surface area contributed by atoms with E-state index in [-0.39, 0.29) is 12.5 Å². The minimum atomic E-state index is -0.0552. The summed E-state index contributed by atoms with van der Waals surface area (Å²) in [5.41, 5.74) is 5.15. The van der Waals surface area contributed by atoms with Gasteiger partial charge in [0.2, 0.25) is 5.91 Å². The van der Waals surface area contributed by atoms with Crippen LogP contribution >= 0.6 is 15.9 Å². The zero-order valence-electron chi connectivity index (χ0n) is 12.5. The topological polar surface area (TPSA) is 41.1 Å². The molecule has 0 fully saturated rings. The molecule has 0 atom stereocenters. The Balaban J connectivity index is 1.95. The van der Waals surface area contributed by atoms with E-state index in [1.807, 2.05) is 57.2 Å². The molecule has 4 heteroatoms. The Labute approximate surface area is 133 Å². The van der Waals surface area contributed by atoms with Gasteiger partial charge in [-0.25, -0.2) is 0 Å². The summed E-state index contributed by atoms with van der Waals surface area (Å²) in [7, 11) is 0. The lowest BCUT2D eigenvalue weighted by molar-refractivity contribution is -0.114. The van der Waals surface area contributed by atoms with Gasteiger partial charge in [0.25, 0.3) is 0 Å². The average molecular weight is 347 g/mol. The van der Waals surface area contributed by atoms with E-state index in [1.54, 1.807) is 0 Å². The van der Waals surface area contributed by atoms with E-state index in [0.29, 0.717) is 0 Å². The van der Waals surface area contributed by atoms with E-state index < -0.39 is 0 Å². The Hall–Kier alpha value is -1.81. The van der Waals surface area contributed by atoms with Crippen LogP contribution in [0.25, 0.3) is 0 Å². The second kappa shape index (κ2) is 6.76. The van der Waals surface area contributed by atoms with Crippen LogP contribution < -0.4 is 10.6 Å². The molecule has 0 aliphatic heterocycles. The molecule has 0 radical (unpaired) electrons. The fraction of sp³-hybridized carbons (Fsp3) is 0.235. The molecule has 0 saturated heterocycles. The molecule has 0 saturated carbocycles. The van der Waals surface area contributed by atoms with Crippen LogP contribution in [0.15, 0.2) is 40.9 Å². The Morgan fingerprint density at radius 2 is 1.76 bits per heavy atom. The molecule has 0 aliphatic carbocycles. The molecule has 0 unspecified atom stereocenters. The lowest BCUT2D eigenvalue weighted by Gasteiger charge is -2.11. The molecule has 2 N–H and O–H groups in total. The van der Waals surface area contributed by atoms with Crippen molar-refractivity contribution in [1.82, 2.24) is 0 Å². The number of hydrogen-bond donors (Lipinski definition) is 2. The molecule has 110 valence electrons. The van der Waals surface area contributed by atoms with Crippen molar-refractivity contribution in [1.29, 1.82) is 0 Å². The van der Waals surface area contributed by atoms with Crippen molar-refractivity contribution in [2.24, 2.45) is 0 Å². The number of aryl methyl sites for hydroxylation is 3. The highest BCUT2D eigenvalue weighted by molar-refractivity contribution is 9.10. The lowest BCUT2D eigenvalue weighted by Crippen LogP contribution is -2.22. The van der Waals surface area contributed by atoms with Crippen molar-refractivity contribution in [2.75, 3.05) is 17.2 Å². The van der Waals surface area contributed by atoms with Crippen molar-refractivity contribution in [3.63, 3.8) is 0 Å². The number of rotatable bonds is 4. The Kier molecular flexibility index (Phi) is 5.02. The average Bonchev–Trinajstić information content (AvgIpc) is 2.44.